The molecule has 1 saturated carbocycles. The van der Waals surface area contributed by atoms with Gasteiger partial charge in [0.25, 0.3) is 0 Å². The van der Waals surface area contributed by atoms with Crippen LogP contribution >= 0.6 is 23.2 Å². The van der Waals surface area contributed by atoms with E-state index in [4.69, 9.17) is 23.2 Å². The molecule has 0 heterocycles. The molecule has 0 unspecified atom stereocenters. The maximum Gasteiger partial charge on any atom is 0.231 e. The minimum Gasteiger partial charge on any atom is -0.325 e. The first-order valence-corrected chi connectivity index (χ1v) is 8.58. The third-order valence-corrected chi connectivity index (χ3v) is 6.94. The Morgan fingerprint density at radius 2 is 1.82 bits per heavy atom. The van der Waals surface area contributed by atoms with Crippen molar-refractivity contribution < 1.29 is 4.79 Å². The van der Waals surface area contributed by atoms with Crippen LogP contribution in [0.5, 0.6) is 0 Å². The highest BCUT2D eigenvalue weighted by atomic mass is 35.5. The van der Waals surface area contributed by atoms with Gasteiger partial charge in [0.15, 0.2) is 0 Å². The SMILES string of the molecule is C[C@@H]1CC(C)(C)c2cccc(NC(=O)[C@@H]3C(C)(C)C3(Cl)Cl)c21. The molecular formula is C18H23Cl2NO. The van der Waals surface area contributed by atoms with Crippen LogP contribution in [0.4, 0.5) is 5.69 Å². The lowest BCUT2D eigenvalue weighted by Gasteiger charge is -2.19. The van der Waals surface area contributed by atoms with Gasteiger partial charge >= 0.3 is 0 Å². The average molecular weight is 340 g/mol. The topological polar surface area (TPSA) is 29.1 Å². The van der Waals surface area contributed by atoms with Crippen LogP contribution in [0.3, 0.4) is 0 Å². The molecule has 1 fully saturated rings. The average Bonchev–Trinajstić information content (AvgIpc) is 2.63. The van der Waals surface area contributed by atoms with Gasteiger partial charge in [0.2, 0.25) is 5.91 Å². The Hall–Kier alpha value is -0.730. The van der Waals surface area contributed by atoms with Crippen LogP contribution in [0.25, 0.3) is 0 Å². The van der Waals surface area contributed by atoms with Crippen molar-refractivity contribution >= 4 is 34.8 Å². The molecule has 4 heteroatoms. The largest absolute Gasteiger partial charge is 0.325 e. The summed E-state index contributed by atoms with van der Waals surface area (Å²) in [5.74, 6) is -0.0188. The molecule has 1 aromatic carbocycles. The van der Waals surface area contributed by atoms with Gasteiger partial charge in [-0.15, -0.1) is 23.2 Å². The number of carbonyl (C=O) groups is 1. The first kappa shape index (κ1) is 16.1. The molecule has 0 aromatic heterocycles. The molecular weight excluding hydrogens is 317 g/mol. The van der Waals surface area contributed by atoms with E-state index in [-0.39, 0.29) is 22.7 Å². The maximum atomic E-state index is 12.6. The Kier molecular flexibility index (Phi) is 3.40. The minimum absolute atomic E-state index is 0.0830. The van der Waals surface area contributed by atoms with Crippen molar-refractivity contribution in [3.8, 4) is 0 Å². The van der Waals surface area contributed by atoms with E-state index in [2.05, 4.69) is 32.2 Å². The summed E-state index contributed by atoms with van der Waals surface area (Å²) in [6.07, 6.45) is 1.10. The van der Waals surface area contributed by atoms with Crippen molar-refractivity contribution in [3.05, 3.63) is 29.3 Å². The number of nitrogens with one attached hydrogen (secondary N) is 1. The van der Waals surface area contributed by atoms with Gasteiger partial charge in [-0.3, -0.25) is 4.79 Å². The summed E-state index contributed by atoms with van der Waals surface area (Å²) in [5, 5.41) is 3.08. The summed E-state index contributed by atoms with van der Waals surface area (Å²) in [7, 11) is 0. The van der Waals surface area contributed by atoms with E-state index in [1.165, 1.54) is 11.1 Å². The normalized spacial score (nSPS) is 29.8. The van der Waals surface area contributed by atoms with E-state index < -0.39 is 4.33 Å². The second-order valence-corrected chi connectivity index (χ2v) is 9.41. The van der Waals surface area contributed by atoms with Crippen LogP contribution in [0.15, 0.2) is 18.2 Å². The number of alkyl halides is 2. The molecule has 22 heavy (non-hydrogen) atoms. The van der Waals surface area contributed by atoms with Gasteiger partial charge in [0.1, 0.15) is 4.33 Å². The minimum atomic E-state index is -0.972. The van der Waals surface area contributed by atoms with Crippen LogP contribution in [0.2, 0.25) is 0 Å². The number of fused-ring (bicyclic) bond motifs is 1. The molecule has 120 valence electrons. The molecule has 2 nitrogen and oxygen atoms in total. The Morgan fingerprint density at radius 1 is 1.23 bits per heavy atom. The first-order chi connectivity index (χ1) is 10.00. The van der Waals surface area contributed by atoms with Gasteiger partial charge in [-0.25, -0.2) is 0 Å². The van der Waals surface area contributed by atoms with Gasteiger partial charge in [-0.1, -0.05) is 46.8 Å². The van der Waals surface area contributed by atoms with E-state index in [1.54, 1.807) is 0 Å². The van der Waals surface area contributed by atoms with Crippen LogP contribution in [-0.4, -0.2) is 10.2 Å². The molecule has 1 N–H and O–H groups in total. The molecule has 0 spiro atoms. The van der Waals surface area contributed by atoms with E-state index in [0.29, 0.717) is 5.92 Å². The van der Waals surface area contributed by atoms with E-state index in [0.717, 1.165) is 12.1 Å². The third kappa shape index (κ3) is 2.11. The predicted octanol–water partition coefficient (Wildman–Crippen LogP) is 5.24. The zero-order valence-corrected chi connectivity index (χ0v) is 15.3. The molecule has 0 radical (unpaired) electrons. The van der Waals surface area contributed by atoms with Gasteiger partial charge in [-0.05, 0) is 34.9 Å². The number of hydrogen-bond donors (Lipinski definition) is 1. The zero-order chi connectivity index (χ0) is 16.5. The molecule has 0 saturated heterocycles. The number of amides is 1. The molecule has 1 amide bonds. The molecule has 1 aromatic rings. The first-order valence-electron chi connectivity index (χ1n) is 7.82. The lowest BCUT2D eigenvalue weighted by atomic mass is 9.86. The van der Waals surface area contributed by atoms with Crippen LogP contribution in [0.1, 0.15) is 58.1 Å². The quantitative estimate of drug-likeness (QED) is 0.733. The lowest BCUT2D eigenvalue weighted by Crippen LogP contribution is -2.19. The molecule has 3 rings (SSSR count). The summed E-state index contributed by atoms with van der Waals surface area (Å²) >= 11 is 12.5. The predicted molar refractivity (Wildman–Crippen MR) is 92.8 cm³/mol. The van der Waals surface area contributed by atoms with Gasteiger partial charge in [-0.2, -0.15) is 0 Å². The summed E-state index contributed by atoms with van der Waals surface area (Å²) in [6.45, 7) is 10.6. The number of carbonyl (C=O) groups excluding carboxylic acids is 1. The fourth-order valence-electron chi connectivity index (χ4n) is 4.13. The zero-order valence-electron chi connectivity index (χ0n) is 13.8. The van der Waals surface area contributed by atoms with E-state index in [1.807, 2.05) is 26.0 Å². The highest BCUT2D eigenvalue weighted by Crippen LogP contribution is 2.69. The molecule has 0 aliphatic heterocycles. The number of hydrogen-bond acceptors (Lipinski definition) is 1. The van der Waals surface area contributed by atoms with Crippen LogP contribution in [-0.2, 0) is 10.2 Å². The number of halogens is 2. The summed E-state index contributed by atoms with van der Waals surface area (Å²) < 4.78 is -0.972. The van der Waals surface area contributed by atoms with Crippen molar-refractivity contribution in [2.24, 2.45) is 11.3 Å². The van der Waals surface area contributed by atoms with E-state index in [9.17, 15) is 4.79 Å². The van der Waals surface area contributed by atoms with Crippen LogP contribution < -0.4 is 5.32 Å². The standard InChI is InChI=1S/C18H23Cl2NO/c1-10-9-16(2,3)11-7-6-8-12(13(10)11)21-15(22)14-17(4,5)18(14,19)20/h6-8,10,14H,9H2,1-5H3,(H,21,22)/t10-,14-/m1/s1. The summed E-state index contributed by atoms with van der Waals surface area (Å²) in [6, 6.07) is 6.16. The maximum absolute atomic E-state index is 12.6. The third-order valence-electron chi connectivity index (χ3n) is 5.52. The number of benzene rings is 1. The van der Waals surface area contributed by atoms with Gasteiger partial charge < -0.3 is 5.32 Å². The Morgan fingerprint density at radius 3 is 2.36 bits per heavy atom. The van der Waals surface area contributed by atoms with Crippen molar-refractivity contribution in [3.63, 3.8) is 0 Å². The van der Waals surface area contributed by atoms with Crippen molar-refractivity contribution in [1.82, 2.24) is 0 Å². The smallest absolute Gasteiger partial charge is 0.231 e. The van der Waals surface area contributed by atoms with Crippen LogP contribution in [0, 0.1) is 11.3 Å². The second kappa shape index (κ2) is 4.64. The molecule has 0 bridgehead atoms. The molecule has 2 aliphatic carbocycles. The van der Waals surface area contributed by atoms with Crippen molar-refractivity contribution in [2.75, 3.05) is 5.32 Å². The second-order valence-electron chi connectivity index (χ2n) is 8.02. The van der Waals surface area contributed by atoms with Gasteiger partial charge in [0, 0.05) is 11.1 Å². The monoisotopic (exact) mass is 339 g/mol. The fourth-order valence-corrected chi connectivity index (χ4v) is 4.98. The van der Waals surface area contributed by atoms with E-state index >= 15 is 0 Å². The molecule has 2 atom stereocenters. The van der Waals surface area contributed by atoms with Crippen molar-refractivity contribution in [2.45, 2.75) is 56.7 Å². The van der Waals surface area contributed by atoms with Gasteiger partial charge in [0.05, 0.1) is 5.92 Å². The Bertz CT molecular complexity index is 634. The highest BCUT2D eigenvalue weighted by molar-refractivity contribution is 6.53. The summed E-state index contributed by atoms with van der Waals surface area (Å²) in [5.41, 5.74) is 3.26. The summed E-state index contributed by atoms with van der Waals surface area (Å²) in [4.78, 5) is 12.6. The Balaban J connectivity index is 1.90. The molecule has 2 aliphatic rings. The fraction of sp³-hybridized carbons (Fsp3) is 0.611. The Labute approximate surface area is 142 Å². The van der Waals surface area contributed by atoms with Crippen molar-refractivity contribution in [1.29, 1.82) is 0 Å². The highest BCUT2D eigenvalue weighted by Gasteiger charge is 2.73. The lowest BCUT2D eigenvalue weighted by molar-refractivity contribution is -0.118. The number of rotatable bonds is 2. The number of anilines is 1.